The Morgan fingerprint density at radius 1 is 1.38 bits per heavy atom. The molecule has 21 heavy (non-hydrogen) atoms. The predicted octanol–water partition coefficient (Wildman–Crippen LogP) is 1.91. The number of unbranched alkanes of at least 4 members (excludes halogenated alkanes) is 1. The predicted molar refractivity (Wildman–Crippen MR) is 89.1 cm³/mol. The van der Waals surface area contributed by atoms with E-state index in [1.807, 2.05) is 12.3 Å². The summed E-state index contributed by atoms with van der Waals surface area (Å²) in [5, 5.41) is 1.84. The molecular formula is C14H27N3O2S2. The summed E-state index contributed by atoms with van der Waals surface area (Å²) in [6.07, 6.45) is 1.81. The quantitative estimate of drug-likeness (QED) is 0.677. The molecule has 0 fully saturated rings. The minimum atomic E-state index is -3.44. The van der Waals surface area contributed by atoms with Crippen molar-refractivity contribution in [2.24, 2.45) is 5.73 Å². The third-order valence-corrected chi connectivity index (χ3v) is 6.50. The van der Waals surface area contributed by atoms with Crippen LogP contribution in [0.15, 0.2) is 10.3 Å². The van der Waals surface area contributed by atoms with Crippen LogP contribution in [-0.2, 0) is 16.6 Å². The summed E-state index contributed by atoms with van der Waals surface area (Å²) < 4.78 is 27.3. The van der Waals surface area contributed by atoms with Gasteiger partial charge < -0.3 is 10.6 Å². The van der Waals surface area contributed by atoms with Crippen molar-refractivity contribution in [3.63, 3.8) is 0 Å². The fourth-order valence-corrected chi connectivity index (χ4v) is 4.78. The van der Waals surface area contributed by atoms with Gasteiger partial charge in [-0.15, -0.1) is 11.3 Å². The zero-order chi connectivity index (χ0) is 16.0. The van der Waals surface area contributed by atoms with E-state index in [4.69, 9.17) is 5.73 Å². The van der Waals surface area contributed by atoms with E-state index in [-0.39, 0.29) is 6.54 Å². The highest BCUT2D eigenvalue weighted by Gasteiger charge is 2.21. The molecule has 1 rings (SSSR count). The number of thiophene rings is 1. The van der Waals surface area contributed by atoms with Gasteiger partial charge in [-0.05, 0) is 58.1 Å². The second kappa shape index (κ2) is 8.24. The van der Waals surface area contributed by atoms with Crippen molar-refractivity contribution < 1.29 is 8.42 Å². The van der Waals surface area contributed by atoms with Crippen molar-refractivity contribution in [1.29, 1.82) is 0 Å². The molecule has 0 aliphatic carbocycles. The standard InChI is InChI=1S/C14H27N3O2S2/c1-11(2)17(4)8-6-5-7-16-21(18,19)14-12(3)10-20-13(14)9-15/h10-11,16H,5-9,15H2,1-4H3. The van der Waals surface area contributed by atoms with Gasteiger partial charge in [0.2, 0.25) is 10.0 Å². The lowest BCUT2D eigenvalue weighted by atomic mass is 10.2. The molecule has 0 aliphatic rings. The molecule has 1 aromatic heterocycles. The Labute approximate surface area is 132 Å². The zero-order valence-electron chi connectivity index (χ0n) is 13.3. The van der Waals surface area contributed by atoms with Gasteiger partial charge in [0.05, 0.1) is 0 Å². The number of nitrogens with two attached hydrogens (primary N) is 1. The molecule has 1 aromatic rings. The van der Waals surface area contributed by atoms with Crippen molar-refractivity contribution in [3.05, 3.63) is 15.8 Å². The fourth-order valence-electron chi connectivity index (χ4n) is 2.01. The van der Waals surface area contributed by atoms with Crippen LogP contribution in [-0.4, -0.2) is 39.5 Å². The Morgan fingerprint density at radius 2 is 2.05 bits per heavy atom. The highest BCUT2D eigenvalue weighted by atomic mass is 32.2. The molecule has 0 radical (unpaired) electrons. The normalized spacial score (nSPS) is 12.5. The average molecular weight is 334 g/mol. The molecular weight excluding hydrogens is 306 g/mol. The van der Waals surface area contributed by atoms with Gasteiger partial charge in [-0.25, -0.2) is 13.1 Å². The minimum absolute atomic E-state index is 0.258. The summed E-state index contributed by atoms with van der Waals surface area (Å²) in [4.78, 5) is 3.35. The molecule has 0 aromatic carbocycles. The van der Waals surface area contributed by atoms with E-state index >= 15 is 0 Å². The summed E-state index contributed by atoms with van der Waals surface area (Å²) in [7, 11) is -1.36. The van der Waals surface area contributed by atoms with Crippen LogP contribution in [0.2, 0.25) is 0 Å². The first kappa shape index (κ1) is 18.6. The van der Waals surface area contributed by atoms with Crippen LogP contribution in [0.1, 0.15) is 37.1 Å². The third-order valence-electron chi connectivity index (χ3n) is 3.55. The average Bonchev–Trinajstić information content (AvgIpc) is 2.79. The van der Waals surface area contributed by atoms with Gasteiger partial charge in [0.1, 0.15) is 4.90 Å². The molecule has 1 heterocycles. The summed E-state index contributed by atoms with van der Waals surface area (Å²) in [6, 6.07) is 0.516. The van der Waals surface area contributed by atoms with Crippen LogP contribution < -0.4 is 10.5 Å². The van der Waals surface area contributed by atoms with E-state index in [1.54, 1.807) is 0 Å². The van der Waals surface area contributed by atoms with E-state index < -0.39 is 10.0 Å². The van der Waals surface area contributed by atoms with Gasteiger partial charge in [-0.2, -0.15) is 0 Å². The molecule has 0 saturated carbocycles. The third kappa shape index (κ3) is 5.34. The number of nitrogens with zero attached hydrogens (tertiary/aromatic N) is 1. The lowest BCUT2D eigenvalue weighted by molar-refractivity contribution is 0.268. The second-order valence-corrected chi connectivity index (χ2v) is 8.22. The van der Waals surface area contributed by atoms with E-state index in [1.165, 1.54) is 11.3 Å². The van der Waals surface area contributed by atoms with Gasteiger partial charge in [0, 0.05) is 24.0 Å². The number of hydrogen-bond donors (Lipinski definition) is 2. The molecule has 0 saturated heterocycles. The Kier molecular flexibility index (Phi) is 7.29. The number of rotatable bonds is 9. The SMILES string of the molecule is Cc1csc(CN)c1S(=O)(=O)NCCCCN(C)C(C)C. The molecule has 0 spiro atoms. The van der Waals surface area contributed by atoms with Gasteiger partial charge >= 0.3 is 0 Å². The maximum Gasteiger partial charge on any atom is 0.241 e. The van der Waals surface area contributed by atoms with E-state index in [0.29, 0.717) is 17.5 Å². The Hall–Kier alpha value is -0.470. The van der Waals surface area contributed by atoms with Gasteiger partial charge in [-0.1, -0.05) is 0 Å². The fraction of sp³-hybridized carbons (Fsp3) is 0.714. The topological polar surface area (TPSA) is 75.4 Å². The zero-order valence-corrected chi connectivity index (χ0v) is 15.0. The molecule has 3 N–H and O–H groups in total. The Bertz CT molecular complexity index is 538. The van der Waals surface area contributed by atoms with Gasteiger partial charge in [0.15, 0.2) is 0 Å². The summed E-state index contributed by atoms with van der Waals surface area (Å²) in [5.74, 6) is 0. The summed E-state index contributed by atoms with van der Waals surface area (Å²) in [6.45, 7) is 7.81. The van der Waals surface area contributed by atoms with Crippen molar-refractivity contribution in [2.45, 2.75) is 51.1 Å². The van der Waals surface area contributed by atoms with Crippen molar-refractivity contribution >= 4 is 21.4 Å². The molecule has 0 unspecified atom stereocenters. The smallest absolute Gasteiger partial charge is 0.241 e. The number of aryl methyl sites for hydroxylation is 1. The first-order chi connectivity index (χ1) is 9.79. The number of sulfonamides is 1. The first-order valence-corrected chi connectivity index (χ1v) is 9.62. The second-order valence-electron chi connectivity index (χ2n) is 5.55. The van der Waals surface area contributed by atoms with Crippen LogP contribution in [0.25, 0.3) is 0 Å². The maximum atomic E-state index is 12.3. The molecule has 0 bridgehead atoms. The maximum absolute atomic E-state index is 12.3. The van der Waals surface area contributed by atoms with E-state index in [9.17, 15) is 8.42 Å². The largest absolute Gasteiger partial charge is 0.326 e. The van der Waals surface area contributed by atoms with Crippen LogP contribution >= 0.6 is 11.3 Å². The lowest BCUT2D eigenvalue weighted by Crippen LogP contribution is -2.29. The van der Waals surface area contributed by atoms with Crippen LogP contribution in [0.4, 0.5) is 0 Å². The van der Waals surface area contributed by atoms with Crippen molar-refractivity contribution in [1.82, 2.24) is 9.62 Å². The van der Waals surface area contributed by atoms with Crippen LogP contribution in [0.5, 0.6) is 0 Å². The van der Waals surface area contributed by atoms with Gasteiger partial charge in [0.25, 0.3) is 0 Å². The van der Waals surface area contributed by atoms with E-state index in [0.717, 1.165) is 29.8 Å². The van der Waals surface area contributed by atoms with E-state index in [2.05, 4.69) is 30.5 Å². The van der Waals surface area contributed by atoms with Crippen molar-refractivity contribution in [2.75, 3.05) is 20.1 Å². The number of nitrogens with one attached hydrogen (secondary N) is 1. The molecule has 0 aliphatic heterocycles. The number of hydrogen-bond acceptors (Lipinski definition) is 5. The van der Waals surface area contributed by atoms with Gasteiger partial charge in [-0.3, -0.25) is 0 Å². The molecule has 0 atom stereocenters. The first-order valence-electron chi connectivity index (χ1n) is 7.26. The summed E-state index contributed by atoms with van der Waals surface area (Å²) in [5.41, 5.74) is 6.38. The monoisotopic (exact) mass is 333 g/mol. The van der Waals surface area contributed by atoms with Crippen molar-refractivity contribution in [3.8, 4) is 0 Å². The Balaban J connectivity index is 2.49. The molecule has 0 amide bonds. The highest BCUT2D eigenvalue weighted by molar-refractivity contribution is 7.89. The molecule has 5 nitrogen and oxygen atoms in total. The minimum Gasteiger partial charge on any atom is -0.326 e. The van der Waals surface area contributed by atoms with Crippen LogP contribution in [0, 0.1) is 6.92 Å². The lowest BCUT2D eigenvalue weighted by Gasteiger charge is -2.20. The summed E-state index contributed by atoms with van der Waals surface area (Å²) >= 11 is 1.40. The highest BCUT2D eigenvalue weighted by Crippen LogP contribution is 2.26. The molecule has 7 heteroatoms. The van der Waals surface area contributed by atoms with Crippen LogP contribution in [0.3, 0.4) is 0 Å². The Morgan fingerprint density at radius 3 is 2.62 bits per heavy atom. The molecule has 122 valence electrons.